The van der Waals surface area contributed by atoms with Crippen LogP contribution in [0.4, 0.5) is 4.79 Å². The maximum Gasteiger partial charge on any atom is 0.410 e. The summed E-state index contributed by atoms with van der Waals surface area (Å²) < 4.78 is 10.6. The number of piperidine rings is 1. The Morgan fingerprint density at radius 2 is 2.00 bits per heavy atom. The fourth-order valence-electron chi connectivity index (χ4n) is 2.03. The van der Waals surface area contributed by atoms with E-state index in [0.717, 1.165) is 0 Å². The molecule has 120 valence electrons. The number of amides is 1. The van der Waals surface area contributed by atoms with Gasteiger partial charge in [0.05, 0.1) is 0 Å². The van der Waals surface area contributed by atoms with E-state index >= 15 is 0 Å². The van der Waals surface area contributed by atoms with Crippen LogP contribution < -0.4 is 5.84 Å². The van der Waals surface area contributed by atoms with Crippen molar-refractivity contribution >= 4 is 12.0 Å². The number of carbonyl (C=O) groups excluding carboxylic acids is 1. The predicted octanol–water partition coefficient (Wildman–Crippen LogP) is 1.43. The van der Waals surface area contributed by atoms with E-state index in [4.69, 9.17) is 20.4 Å². The van der Waals surface area contributed by atoms with Crippen LogP contribution in [0.5, 0.6) is 0 Å². The number of aliphatic hydroxyl groups excluding tert-OH is 1. The summed E-state index contributed by atoms with van der Waals surface area (Å²) in [4.78, 5) is 13.6. The van der Waals surface area contributed by atoms with Crippen LogP contribution in [0.25, 0.3) is 0 Å². The number of nitrogens with two attached hydrogens (primary N) is 1. The van der Waals surface area contributed by atoms with Crippen molar-refractivity contribution in [1.82, 2.24) is 4.90 Å². The SMILES string of the molecule is C=C(CO)O/C(=N\N)C1CCN(C(=O)OC(C)(C)C)CC1. The molecule has 1 aliphatic rings. The number of hydrogen-bond donors (Lipinski definition) is 2. The van der Waals surface area contributed by atoms with Gasteiger partial charge in [-0.15, -0.1) is 5.10 Å². The van der Waals surface area contributed by atoms with E-state index in [0.29, 0.717) is 31.8 Å². The average Bonchev–Trinajstić information content (AvgIpc) is 2.42. The molecule has 7 nitrogen and oxygen atoms in total. The second-order valence-corrected chi connectivity index (χ2v) is 6.01. The fraction of sp³-hybridized carbons (Fsp3) is 0.714. The Balaban J connectivity index is 2.51. The molecule has 0 aromatic heterocycles. The largest absolute Gasteiger partial charge is 0.444 e. The van der Waals surface area contributed by atoms with Crippen molar-refractivity contribution in [3.05, 3.63) is 12.3 Å². The van der Waals surface area contributed by atoms with Crippen LogP contribution in [0.3, 0.4) is 0 Å². The van der Waals surface area contributed by atoms with E-state index in [-0.39, 0.29) is 24.4 Å². The molecular weight excluding hydrogens is 274 g/mol. The van der Waals surface area contributed by atoms with Crippen LogP contribution in [-0.2, 0) is 9.47 Å². The molecule has 0 aromatic rings. The lowest BCUT2D eigenvalue weighted by atomic mass is 9.97. The third kappa shape index (κ3) is 5.63. The van der Waals surface area contributed by atoms with E-state index in [1.807, 2.05) is 20.8 Å². The van der Waals surface area contributed by atoms with Gasteiger partial charge in [0, 0.05) is 19.0 Å². The first-order valence-electron chi connectivity index (χ1n) is 6.99. The van der Waals surface area contributed by atoms with Crippen molar-refractivity contribution in [2.45, 2.75) is 39.2 Å². The minimum absolute atomic E-state index is 0.0111. The van der Waals surface area contributed by atoms with Gasteiger partial charge in [-0.05, 0) is 33.6 Å². The second kappa shape index (κ2) is 7.31. The van der Waals surface area contributed by atoms with Crippen molar-refractivity contribution in [3.8, 4) is 0 Å². The molecule has 3 N–H and O–H groups in total. The molecule has 0 bridgehead atoms. The van der Waals surface area contributed by atoms with Crippen molar-refractivity contribution < 1.29 is 19.4 Å². The molecule has 0 radical (unpaired) electrons. The summed E-state index contributed by atoms with van der Waals surface area (Å²) in [6.07, 6.45) is 1.04. The smallest absolute Gasteiger partial charge is 0.410 e. The molecule has 0 aromatic carbocycles. The minimum atomic E-state index is -0.500. The van der Waals surface area contributed by atoms with Crippen LogP contribution in [0.15, 0.2) is 17.4 Å². The summed E-state index contributed by atoms with van der Waals surface area (Å²) in [6, 6.07) is 0. The summed E-state index contributed by atoms with van der Waals surface area (Å²) in [6.45, 7) is 9.88. The van der Waals surface area contributed by atoms with Crippen LogP contribution in [-0.4, -0.2) is 47.3 Å². The summed E-state index contributed by atoms with van der Waals surface area (Å²) >= 11 is 0. The first-order chi connectivity index (χ1) is 9.76. The average molecular weight is 299 g/mol. The molecule has 1 amide bonds. The molecule has 1 rings (SSSR count). The Kier molecular flexibility index (Phi) is 6.02. The third-order valence-electron chi connectivity index (χ3n) is 3.05. The Labute approximate surface area is 125 Å². The van der Waals surface area contributed by atoms with Crippen LogP contribution in [0.1, 0.15) is 33.6 Å². The maximum atomic E-state index is 12.0. The summed E-state index contributed by atoms with van der Waals surface area (Å²) in [5, 5.41) is 12.5. The highest BCUT2D eigenvalue weighted by Gasteiger charge is 2.30. The highest BCUT2D eigenvalue weighted by molar-refractivity contribution is 5.80. The lowest BCUT2D eigenvalue weighted by Crippen LogP contribution is -2.43. The van der Waals surface area contributed by atoms with Gasteiger partial charge >= 0.3 is 6.09 Å². The maximum absolute atomic E-state index is 12.0. The van der Waals surface area contributed by atoms with Gasteiger partial charge in [0.25, 0.3) is 0 Å². The van der Waals surface area contributed by atoms with Crippen molar-refractivity contribution in [2.75, 3.05) is 19.7 Å². The molecule has 1 saturated heterocycles. The predicted molar refractivity (Wildman–Crippen MR) is 79.5 cm³/mol. The zero-order valence-corrected chi connectivity index (χ0v) is 13.0. The molecular formula is C14H25N3O4. The number of likely N-dealkylation sites (tertiary alicyclic amines) is 1. The van der Waals surface area contributed by atoms with Gasteiger partial charge in [0.1, 0.15) is 18.0 Å². The summed E-state index contributed by atoms with van der Waals surface area (Å²) in [7, 11) is 0. The fourth-order valence-corrected chi connectivity index (χ4v) is 2.03. The first kappa shape index (κ1) is 17.3. The van der Waals surface area contributed by atoms with E-state index < -0.39 is 5.60 Å². The van der Waals surface area contributed by atoms with Crippen molar-refractivity contribution in [3.63, 3.8) is 0 Å². The molecule has 1 aliphatic heterocycles. The number of rotatable bonds is 3. The van der Waals surface area contributed by atoms with E-state index in [9.17, 15) is 4.79 Å². The lowest BCUT2D eigenvalue weighted by Gasteiger charge is -2.33. The Bertz CT molecular complexity index is 407. The van der Waals surface area contributed by atoms with Crippen LogP contribution in [0.2, 0.25) is 0 Å². The van der Waals surface area contributed by atoms with Crippen LogP contribution in [0, 0.1) is 5.92 Å². The van der Waals surface area contributed by atoms with E-state index in [2.05, 4.69) is 11.7 Å². The van der Waals surface area contributed by atoms with Gasteiger partial charge in [-0.25, -0.2) is 4.79 Å². The molecule has 0 saturated carbocycles. The highest BCUT2D eigenvalue weighted by Crippen LogP contribution is 2.22. The number of hydrazone groups is 1. The number of nitrogens with zero attached hydrogens (tertiary/aromatic N) is 2. The quantitative estimate of drug-likeness (QED) is 0.270. The molecule has 21 heavy (non-hydrogen) atoms. The Morgan fingerprint density at radius 1 is 1.43 bits per heavy atom. The molecule has 0 unspecified atom stereocenters. The van der Waals surface area contributed by atoms with Crippen LogP contribution >= 0.6 is 0 Å². The topological polar surface area (TPSA) is 97.4 Å². The minimum Gasteiger partial charge on any atom is -0.444 e. The summed E-state index contributed by atoms with van der Waals surface area (Å²) in [5.41, 5.74) is -0.500. The van der Waals surface area contributed by atoms with E-state index in [1.165, 1.54) is 0 Å². The number of ether oxygens (including phenoxy) is 2. The lowest BCUT2D eigenvalue weighted by molar-refractivity contribution is 0.0196. The molecule has 1 fully saturated rings. The molecule has 0 aliphatic carbocycles. The molecule has 0 spiro atoms. The Hall–Kier alpha value is -1.76. The van der Waals surface area contributed by atoms with Gasteiger partial charge in [-0.3, -0.25) is 0 Å². The number of aliphatic hydroxyl groups is 1. The third-order valence-corrected chi connectivity index (χ3v) is 3.05. The zero-order chi connectivity index (χ0) is 16.0. The van der Waals surface area contributed by atoms with E-state index in [1.54, 1.807) is 4.90 Å². The van der Waals surface area contributed by atoms with Gasteiger partial charge in [-0.2, -0.15) is 0 Å². The highest BCUT2D eigenvalue weighted by atomic mass is 16.6. The normalized spacial score (nSPS) is 17.5. The van der Waals surface area contributed by atoms with Gasteiger partial charge in [0.15, 0.2) is 0 Å². The molecule has 1 heterocycles. The van der Waals surface area contributed by atoms with Gasteiger partial charge in [-0.1, -0.05) is 6.58 Å². The standard InChI is InChI=1S/C14H25N3O4/c1-10(9-18)20-12(16-15)11-5-7-17(8-6-11)13(19)21-14(2,3)4/h11,18H,1,5-9,15H2,2-4H3/b16-12-. The monoisotopic (exact) mass is 299 g/mol. The van der Waals surface area contributed by atoms with Crippen molar-refractivity contribution in [1.29, 1.82) is 0 Å². The zero-order valence-electron chi connectivity index (χ0n) is 13.0. The van der Waals surface area contributed by atoms with Crippen molar-refractivity contribution in [2.24, 2.45) is 16.9 Å². The molecule has 0 atom stereocenters. The molecule has 7 heteroatoms. The summed E-state index contributed by atoms with van der Waals surface area (Å²) in [5.74, 6) is 5.88. The first-order valence-corrected chi connectivity index (χ1v) is 6.99. The second-order valence-electron chi connectivity index (χ2n) is 6.01. The number of hydrogen-bond acceptors (Lipinski definition) is 6. The van der Waals surface area contributed by atoms with Gasteiger partial charge in [0.2, 0.25) is 5.90 Å². The van der Waals surface area contributed by atoms with Gasteiger partial charge < -0.3 is 25.3 Å². The number of carbonyl (C=O) groups is 1. The Morgan fingerprint density at radius 3 is 2.43 bits per heavy atom.